The summed E-state index contributed by atoms with van der Waals surface area (Å²) in [5.41, 5.74) is 0. The van der Waals surface area contributed by atoms with Crippen LogP contribution in [0.4, 0.5) is 0 Å². The molecule has 1 atom stereocenters. The normalized spacial score (nSPS) is 12.5. The van der Waals surface area contributed by atoms with Crippen molar-refractivity contribution < 1.29 is 0 Å². The van der Waals surface area contributed by atoms with E-state index in [1.54, 1.807) is 29.3 Å². The highest BCUT2D eigenvalue weighted by molar-refractivity contribution is 8.00. The molecule has 0 aliphatic carbocycles. The molecular weight excluding hydrogens is 403 g/mol. The van der Waals surface area contributed by atoms with E-state index in [-0.39, 0.29) is 0 Å². The van der Waals surface area contributed by atoms with Crippen molar-refractivity contribution >= 4 is 57.9 Å². The molecule has 24 heavy (non-hydrogen) atoms. The lowest BCUT2D eigenvalue weighted by atomic mass is 10.2. The van der Waals surface area contributed by atoms with Crippen LogP contribution in [0.2, 0.25) is 14.4 Å². The number of rotatable bonds is 7. The van der Waals surface area contributed by atoms with Crippen LogP contribution in [0, 0.1) is 0 Å². The van der Waals surface area contributed by atoms with Crippen molar-refractivity contribution in [3.63, 3.8) is 0 Å². The van der Waals surface area contributed by atoms with Crippen molar-refractivity contribution in [1.82, 2.24) is 9.55 Å². The average molecular weight is 418 g/mol. The Morgan fingerprint density at radius 2 is 2.04 bits per heavy atom. The summed E-state index contributed by atoms with van der Waals surface area (Å²) in [6, 6.07) is 9.81. The van der Waals surface area contributed by atoms with E-state index in [2.05, 4.69) is 15.6 Å². The van der Waals surface area contributed by atoms with Gasteiger partial charge in [-0.3, -0.25) is 0 Å². The maximum absolute atomic E-state index is 6.35. The highest BCUT2D eigenvalue weighted by Crippen LogP contribution is 2.37. The first-order chi connectivity index (χ1) is 11.6. The van der Waals surface area contributed by atoms with Crippen molar-refractivity contribution in [2.45, 2.75) is 29.5 Å². The molecule has 3 aromatic rings. The fourth-order valence-electron chi connectivity index (χ4n) is 2.36. The van der Waals surface area contributed by atoms with E-state index in [1.807, 2.05) is 36.8 Å². The Hall–Kier alpha value is -0.650. The summed E-state index contributed by atoms with van der Waals surface area (Å²) in [5.74, 6) is 0. The molecule has 0 aliphatic rings. The van der Waals surface area contributed by atoms with Crippen LogP contribution in [0.25, 0.3) is 0 Å². The van der Waals surface area contributed by atoms with Crippen molar-refractivity contribution in [3.8, 4) is 0 Å². The predicted molar refractivity (Wildman–Crippen MR) is 106 cm³/mol. The van der Waals surface area contributed by atoms with Gasteiger partial charge in [0.05, 0.1) is 20.7 Å². The number of hydrogen-bond donors (Lipinski definition) is 0. The van der Waals surface area contributed by atoms with E-state index in [1.165, 1.54) is 4.88 Å². The van der Waals surface area contributed by atoms with Gasteiger partial charge >= 0.3 is 0 Å². The smallest absolute Gasteiger partial charge is 0.0946 e. The minimum absolute atomic E-state index is 0.357. The van der Waals surface area contributed by atoms with Crippen molar-refractivity contribution in [2.75, 3.05) is 0 Å². The number of hydrogen-bond acceptors (Lipinski definition) is 3. The molecule has 0 bridgehead atoms. The van der Waals surface area contributed by atoms with Crippen LogP contribution < -0.4 is 0 Å². The Bertz CT molecular complexity index is 787. The van der Waals surface area contributed by atoms with Crippen molar-refractivity contribution in [1.29, 1.82) is 0 Å². The summed E-state index contributed by atoms with van der Waals surface area (Å²) < 4.78 is 2.93. The summed E-state index contributed by atoms with van der Waals surface area (Å²) in [5, 5.41) is 1.57. The zero-order valence-electron chi connectivity index (χ0n) is 12.7. The number of thiophene rings is 1. The molecule has 7 heteroatoms. The lowest BCUT2D eigenvalue weighted by Crippen LogP contribution is -2.13. The quantitative estimate of drug-likeness (QED) is 0.398. The summed E-state index contributed by atoms with van der Waals surface area (Å²) >= 11 is 21.9. The van der Waals surface area contributed by atoms with Crippen LogP contribution in [-0.4, -0.2) is 14.8 Å². The molecule has 0 aliphatic heterocycles. The summed E-state index contributed by atoms with van der Waals surface area (Å²) in [6.07, 6.45) is 7.63. The fraction of sp³-hybridized carbons (Fsp3) is 0.235. The van der Waals surface area contributed by atoms with Gasteiger partial charge in [-0.25, -0.2) is 4.98 Å². The number of thioether (sulfide) groups is 1. The van der Waals surface area contributed by atoms with Gasteiger partial charge in [0.15, 0.2) is 0 Å². The zero-order chi connectivity index (χ0) is 16.9. The van der Waals surface area contributed by atoms with Crippen molar-refractivity contribution in [3.05, 3.63) is 68.3 Å². The molecule has 0 spiro atoms. The first-order valence-corrected chi connectivity index (χ1v) is 10.3. The van der Waals surface area contributed by atoms with E-state index >= 15 is 0 Å². The Morgan fingerprint density at radius 3 is 2.75 bits per heavy atom. The van der Waals surface area contributed by atoms with Crippen LogP contribution in [0.15, 0.2) is 53.9 Å². The fourth-order valence-corrected chi connectivity index (χ4v) is 5.17. The molecule has 0 amide bonds. The molecule has 0 fully saturated rings. The van der Waals surface area contributed by atoms with E-state index in [0.717, 1.165) is 28.6 Å². The van der Waals surface area contributed by atoms with E-state index in [4.69, 9.17) is 34.8 Å². The Labute approximate surface area is 164 Å². The molecule has 0 radical (unpaired) electrons. The maximum atomic E-state index is 6.35. The molecule has 0 saturated carbocycles. The molecular formula is C17H15Cl3N2S2. The van der Waals surface area contributed by atoms with Crippen LogP contribution in [0.1, 0.15) is 11.3 Å². The Morgan fingerprint density at radius 1 is 1.17 bits per heavy atom. The van der Waals surface area contributed by atoms with E-state index < -0.39 is 0 Å². The van der Waals surface area contributed by atoms with Gasteiger partial charge in [-0.1, -0.05) is 40.9 Å². The Kier molecular flexibility index (Phi) is 6.53. The molecule has 2 heterocycles. The lowest BCUT2D eigenvalue weighted by Gasteiger charge is -2.18. The minimum atomic E-state index is 0.357. The molecule has 1 unspecified atom stereocenters. The van der Waals surface area contributed by atoms with E-state index in [9.17, 15) is 0 Å². The number of aromatic nitrogens is 2. The van der Waals surface area contributed by atoms with Crippen LogP contribution in [0.3, 0.4) is 0 Å². The third kappa shape index (κ3) is 4.93. The Balaban J connectivity index is 1.72. The van der Waals surface area contributed by atoms with Gasteiger partial charge < -0.3 is 4.57 Å². The van der Waals surface area contributed by atoms with Gasteiger partial charge in [-0.15, -0.1) is 23.1 Å². The number of imidazole rings is 1. The van der Waals surface area contributed by atoms with Gasteiger partial charge in [0.1, 0.15) is 0 Å². The minimum Gasteiger partial charge on any atom is -0.336 e. The number of nitrogens with zero attached hydrogens (tertiary/aromatic N) is 2. The first kappa shape index (κ1) is 18.2. The zero-order valence-corrected chi connectivity index (χ0v) is 16.6. The second-order valence-corrected chi connectivity index (χ2v) is 9.22. The standard InChI is InChI=1S/C17H15Cl3N2S2/c18-14-2-1-3-15(17(14)20)23-13(10-22-9-8-21-11-22)5-4-12-6-7-16(19)24-12/h1-3,6-9,11,13H,4-5,10H2. The SMILES string of the molecule is Clc1ccc(CCC(Cn2ccnc2)Sc2cccc(Cl)c2Cl)s1. The molecule has 3 rings (SSSR count). The van der Waals surface area contributed by atoms with E-state index in [0.29, 0.717) is 15.3 Å². The average Bonchev–Trinajstić information content (AvgIpc) is 3.21. The van der Waals surface area contributed by atoms with Crippen LogP contribution in [0.5, 0.6) is 0 Å². The van der Waals surface area contributed by atoms with Gasteiger partial charge in [-0.05, 0) is 37.1 Å². The maximum Gasteiger partial charge on any atom is 0.0946 e. The lowest BCUT2D eigenvalue weighted by molar-refractivity contribution is 0.626. The molecule has 0 saturated heterocycles. The van der Waals surface area contributed by atoms with Gasteiger partial charge in [0, 0.05) is 34.0 Å². The topological polar surface area (TPSA) is 17.8 Å². The van der Waals surface area contributed by atoms with Gasteiger partial charge in [0.25, 0.3) is 0 Å². The third-order valence-electron chi connectivity index (χ3n) is 3.53. The molecule has 2 nitrogen and oxygen atoms in total. The molecule has 1 aromatic carbocycles. The van der Waals surface area contributed by atoms with Crippen LogP contribution in [-0.2, 0) is 13.0 Å². The second-order valence-electron chi connectivity index (χ2n) is 5.30. The molecule has 2 aromatic heterocycles. The van der Waals surface area contributed by atoms with Crippen LogP contribution >= 0.6 is 57.9 Å². The molecule has 126 valence electrons. The third-order valence-corrected chi connectivity index (χ3v) is 7.06. The largest absolute Gasteiger partial charge is 0.336 e. The number of halogens is 3. The second kappa shape index (κ2) is 8.63. The van der Waals surface area contributed by atoms with Crippen molar-refractivity contribution in [2.24, 2.45) is 0 Å². The summed E-state index contributed by atoms with van der Waals surface area (Å²) in [7, 11) is 0. The summed E-state index contributed by atoms with van der Waals surface area (Å²) in [4.78, 5) is 6.44. The number of aryl methyl sites for hydroxylation is 1. The monoisotopic (exact) mass is 416 g/mol. The van der Waals surface area contributed by atoms with Gasteiger partial charge in [0.2, 0.25) is 0 Å². The predicted octanol–water partition coefficient (Wildman–Crippen LogP) is 6.70. The highest BCUT2D eigenvalue weighted by Gasteiger charge is 2.15. The van der Waals surface area contributed by atoms with Gasteiger partial charge in [-0.2, -0.15) is 0 Å². The summed E-state index contributed by atoms with van der Waals surface area (Å²) in [6.45, 7) is 0.868. The first-order valence-electron chi connectivity index (χ1n) is 7.42. The number of benzene rings is 1. The highest BCUT2D eigenvalue weighted by atomic mass is 35.5. The molecule has 0 N–H and O–H groups in total.